The fourth-order valence-corrected chi connectivity index (χ4v) is 10.6. The molecule has 518 valence electrons. The summed E-state index contributed by atoms with van der Waals surface area (Å²) in [6, 6.07) is 12.7. The summed E-state index contributed by atoms with van der Waals surface area (Å²) in [5, 5.41) is 24.1. The summed E-state index contributed by atoms with van der Waals surface area (Å²) >= 11 is 5.80. The summed E-state index contributed by atoms with van der Waals surface area (Å²) in [7, 11) is -12.7. The van der Waals surface area contributed by atoms with E-state index < -0.39 is 119 Å². The normalized spacial score (nSPS) is 11.9. The van der Waals surface area contributed by atoms with Crippen molar-refractivity contribution in [3.8, 4) is 35.0 Å². The topological polar surface area (TPSA) is 461 Å². The molecule has 3 aromatic carbocycles. The van der Waals surface area contributed by atoms with Crippen LogP contribution in [-0.4, -0.2) is 160 Å². The van der Waals surface area contributed by atoms with Gasteiger partial charge in [-0.3, -0.25) is 30.9 Å². The molecule has 32 nitrogen and oxygen atoms in total. The van der Waals surface area contributed by atoms with Gasteiger partial charge in [0, 0.05) is 24.8 Å². The van der Waals surface area contributed by atoms with Crippen molar-refractivity contribution in [1.29, 1.82) is 0 Å². The molecule has 0 bridgehead atoms. The van der Waals surface area contributed by atoms with Crippen LogP contribution >= 0.6 is 19.2 Å². The van der Waals surface area contributed by atoms with Crippen LogP contribution in [0, 0.1) is 17.0 Å². The van der Waals surface area contributed by atoms with E-state index in [4.69, 9.17) is 45.3 Å². The number of sulfone groups is 1. The number of nitro groups is 1. The lowest BCUT2D eigenvalue weighted by Crippen LogP contribution is -2.36. The molecule has 0 spiro atoms. The minimum atomic E-state index is -4.61. The first kappa shape index (κ1) is 81.6. The van der Waals surface area contributed by atoms with Crippen LogP contribution in [0.3, 0.4) is 0 Å². The molecule has 94 heavy (non-hydrogen) atoms. The number of anilines is 2. The maximum Gasteiger partial charge on any atom is 0.416 e. The summed E-state index contributed by atoms with van der Waals surface area (Å²) in [5.41, 5.74) is -1.22. The number of ether oxygens (including phenoxy) is 5. The van der Waals surface area contributed by atoms with Crippen molar-refractivity contribution in [2.45, 2.75) is 60.8 Å². The molecule has 0 saturated heterocycles. The molecule has 3 heterocycles. The van der Waals surface area contributed by atoms with Crippen LogP contribution in [0.15, 0.2) is 99.9 Å². The summed E-state index contributed by atoms with van der Waals surface area (Å²) in [4.78, 5) is 83.8. The lowest BCUT2D eigenvalue weighted by molar-refractivity contribution is -0.385. The number of halogens is 7. The zero-order valence-corrected chi connectivity index (χ0v) is 55.3. The quantitative estimate of drug-likeness (QED) is 0.0125. The Kier molecular flexibility index (Phi) is 31.9. The molecule has 6 aromatic rings. The number of alkyl halides is 6. The van der Waals surface area contributed by atoms with Crippen LogP contribution in [0.2, 0.25) is 5.02 Å². The van der Waals surface area contributed by atoms with Crippen LogP contribution in [0.1, 0.15) is 37.2 Å². The first-order chi connectivity index (χ1) is 43.5. The van der Waals surface area contributed by atoms with Crippen LogP contribution in [-0.2, 0) is 62.7 Å². The Bertz CT molecular complexity index is 3960. The minimum absolute atomic E-state index is 0.0111. The van der Waals surface area contributed by atoms with E-state index in [0.717, 1.165) is 36.5 Å². The molecule has 6 rings (SSSR count). The average Bonchev–Trinajstić information content (AvgIpc) is 0.801. The molecule has 0 saturated carbocycles. The number of carboxylic acid groups (broad SMARTS) is 1. The van der Waals surface area contributed by atoms with E-state index >= 15 is 0 Å². The van der Waals surface area contributed by atoms with E-state index in [-0.39, 0.29) is 81.4 Å². The molecular formula is C50H60ClF6N12O20PS4. The number of rotatable bonds is 22. The van der Waals surface area contributed by atoms with Gasteiger partial charge in [0.2, 0.25) is 29.4 Å². The number of carbonyl (C=O) groups is 3. The zero-order valence-electron chi connectivity index (χ0n) is 50.4. The number of methoxy groups -OCH3 is 3. The van der Waals surface area contributed by atoms with Gasteiger partial charge in [-0.05, 0) is 79.2 Å². The predicted octanol–water partition coefficient (Wildman–Crippen LogP) is 6.50. The summed E-state index contributed by atoms with van der Waals surface area (Å²) in [5.74, 6) is -1.62. The molecular weight excluding hydrogens is 1400 g/mol. The third-order valence-corrected chi connectivity index (χ3v) is 15.6. The number of carbonyl (C=O) groups excluding carboxylic acids is 2. The van der Waals surface area contributed by atoms with Crippen molar-refractivity contribution in [3.63, 3.8) is 0 Å². The van der Waals surface area contributed by atoms with Crippen LogP contribution < -0.4 is 54.0 Å². The van der Waals surface area contributed by atoms with Gasteiger partial charge >= 0.3 is 42.1 Å². The smallest absolute Gasteiger partial charge is 0.416 e. The third-order valence-electron chi connectivity index (χ3n) is 10.1. The number of pyridine rings is 1. The highest BCUT2D eigenvalue weighted by molar-refractivity contribution is 7.94. The monoisotopic (exact) mass is 1460 g/mol. The standard InChI is InChI=1S/C15H11ClF3NO4.C15H16F3N5O4S.C14H17N5O7S2.C3H8NO5P.C3H9S/c1-2-23-14-8-10(4-5-12(14)20(21)22)24-13-6-3-9(7-11(13)16)15(17,18)19;1-9-19-12(22-14(20-9)27-2)21-13(24)23-28(25,26)11-6-4-3-5-10(11)7-8-15(16,17)18;1-4-27(21,22)9-6-5-7-15-12(9)28(23,24)19-14(20)18-13-16-10(25-2)8-11(17-13)26-3;5-3(6)1-4-2-10(7,8)9;1-4(2)3/h3-8H,2H2,1H3;3-6H,7-8H2,1-2H3,(H2,19,20,21,22,23,24);5-8H,4H2,1-3H3,(H2,16,17,18,19,20);4H,1-2H2,(H,5,6)(H2,7,8,9);1-3H3/q;;;;+1/p-1. The molecule has 0 aliphatic rings. The van der Waals surface area contributed by atoms with Gasteiger partial charge in [-0.1, -0.05) is 36.7 Å². The Morgan fingerprint density at radius 3 is 1.82 bits per heavy atom. The van der Waals surface area contributed by atoms with E-state index in [1.165, 1.54) is 83.7 Å². The highest BCUT2D eigenvalue weighted by Crippen LogP contribution is 2.39. The van der Waals surface area contributed by atoms with Crippen molar-refractivity contribution in [2.75, 3.05) is 75.9 Å². The van der Waals surface area contributed by atoms with Crippen LogP contribution in [0.4, 0.5) is 53.5 Å². The molecule has 4 amide bonds. The van der Waals surface area contributed by atoms with E-state index in [9.17, 15) is 85.6 Å². The number of nitrogens with zero attached hydrogens (tertiary/aromatic N) is 7. The number of sulfonamides is 2. The summed E-state index contributed by atoms with van der Waals surface area (Å²) in [6.45, 7) is 4.23. The number of aromatic nitrogens is 6. The Labute approximate surface area is 540 Å². The number of aryl methyl sites for hydroxylation is 2. The molecule has 44 heteroatoms. The Hall–Kier alpha value is -8.51. The first-order valence-electron chi connectivity index (χ1n) is 25.6. The lowest BCUT2D eigenvalue weighted by Gasteiger charge is -2.14. The first-order valence-corrected chi connectivity index (χ1v) is 34.8. The second kappa shape index (κ2) is 36.8. The van der Waals surface area contributed by atoms with Crippen molar-refractivity contribution in [1.82, 2.24) is 44.7 Å². The van der Waals surface area contributed by atoms with E-state index in [1.54, 1.807) is 16.4 Å². The summed E-state index contributed by atoms with van der Waals surface area (Å²) < 4.78 is 188. The van der Waals surface area contributed by atoms with Gasteiger partial charge in [-0.2, -0.15) is 59.7 Å². The lowest BCUT2D eigenvalue weighted by atomic mass is 10.1. The second-order valence-corrected chi connectivity index (χ2v) is 27.9. The van der Waals surface area contributed by atoms with E-state index in [2.05, 4.69) is 59.3 Å². The molecule has 0 fully saturated rings. The minimum Gasteiger partial charge on any atom is -0.778 e. The van der Waals surface area contributed by atoms with E-state index in [1.807, 2.05) is 5.32 Å². The fraction of sp³-hybridized carbons (Fsp3) is 0.340. The van der Waals surface area contributed by atoms with Crippen molar-refractivity contribution < 1.29 is 114 Å². The highest BCUT2D eigenvalue weighted by atomic mass is 35.5. The van der Waals surface area contributed by atoms with Crippen LogP contribution in [0.25, 0.3) is 0 Å². The Morgan fingerprint density at radius 1 is 0.755 bits per heavy atom. The highest BCUT2D eigenvalue weighted by Gasteiger charge is 2.33. The molecule has 0 aliphatic carbocycles. The molecule has 3 aromatic heterocycles. The molecule has 1 atom stereocenters. The number of carboxylic acids is 1. The number of amides is 4. The Balaban J connectivity index is 0.000000436. The second-order valence-electron chi connectivity index (χ2n) is 17.9. The van der Waals surface area contributed by atoms with Gasteiger partial charge in [-0.25, -0.2) is 40.9 Å². The molecule has 0 radical (unpaired) electrons. The predicted molar refractivity (Wildman–Crippen MR) is 324 cm³/mol. The van der Waals surface area contributed by atoms with Gasteiger partial charge in [0.05, 0.1) is 91.8 Å². The summed E-state index contributed by atoms with van der Waals surface area (Å²) in [6.07, 6.45) is -3.74. The van der Waals surface area contributed by atoms with Gasteiger partial charge in [0.1, 0.15) is 29.8 Å². The zero-order chi connectivity index (χ0) is 71.6. The van der Waals surface area contributed by atoms with Crippen molar-refractivity contribution >= 4 is 95.6 Å². The number of hydrogen-bond donors (Lipinski definition) is 7. The average molecular weight is 1460 g/mol. The van der Waals surface area contributed by atoms with Gasteiger partial charge in [0.25, 0.3) is 20.0 Å². The fourth-order valence-electron chi connectivity index (χ4n) is 6.26. The number of hydrogen-bond acceptors (Lipinski definition) is 25. The van der Waals surface area contributed by atoms with Gasteiger partial charge < -0.3 is 43.1 Å². The number of nitrogens with one attached hydrogen (secondary N) is 5. The van der Waals surface area contributed by atoms with Gasteiger partial charge in [0.15, 0.2) is 14.9 Å². The number of aliphatic carboxylic acids is 1. The van der Waals surface area contributed by atoms with Crippen LogP contribution in [0.5, 0.6) is 35.0 Å². The molecule has 1 unspecified atom stereocenters. The number of urea groups is 2. The number of nitro benzene ring substituents is 1. The van der Waals surface area contributed by atoms with Crippen molar-refractivity contribution in [3.05, 3.63) is 117 Å². The molecule has 0 aliphatic heterocycles. The Morgan fingerprint density at radius 2 is 1.32 bits per heavy atom. The maximum atomic E-state index is 12.6. The number of benzene rings is 3. The SMILES string of the molecule is CCOc1cc(Oc2ccc(C(F)(F)F)cc2Cl)ccc1[N+](=O)[O-].CCS(=O)(=O)c1cccnc1S(=O)(=O)NC(=O)Nc1nc(OC)cc(OC)n1.COc1nc(C)nc(NC(=O)NS(=O)(=O)c2ccccc2CCC(F)(F)F)n1.C[S+](C)C.O=C(O)CNCP(=O)([O-])O. The third kappa shape index (κ3) is 29.6. The largest absolute Gasteiger partial charge is 0.778 e. The van der Waals surface area contributed by atoms with Gasteiger partial charge in [-0.15, -0.1) is 0 Å². The van der Waals surface area contributed by atoms with Crippen molar-refractivity contribution in [2.24, 2.45) is 0 Å². The van der Waals surface area contributed by atoms with E-state index in [0.29, 0.717) is 10.9 Å². The maximum absolute atomic E-state index is 12.6. The molecule has 7 N–H and O–H groups in total.